The number of carboxylic acid groups (broad SMARTS) is 1. The van der Waals surface area contributed by atoms with Crippen molar-refractivity contribution in [3.63, 3.8) is 0 Å². The van der Waals surface area contributed by atoms with Crippen LogP contribution < -0.4 is 10.6 Å². The molecule has 222 valence electrons. The predicted octanol–water partition coefficient (Wildman–Crippen LogP) is 5.75. The van der Waals surface area contributed by atoms with Crippen LogP contribution in [0.2, 0.25) is 0 Å². The van der Waals surface area contributed by atoms with E-state index in [1.165, 1.54) is 0 Å². The number of rotatable bonds is 12. The molecule has 0 aromatic heterocycles. The Labute approximate surface area is 247 Å². The molecule has 1 unspecified atom stereocenters. The smallest absolute Gasteiger partial charge is 0.407 e. The molecule has 0 saturated heterocycles. The van der Waals surface area contributed by atoms with Gasteiger partial charge in [0.05, 0.1) is 18.6 Å². The molecule has 0 saturated carbocycles. The molecule has 1 aliphatic rings. The number of amides is 2. The maximum atomic E-state index is 13.3. The van der Waals surface area contributed by atoms with E-state index < -0.39 is 36.0 Å². The number of nitrogens with one attached hydrogen (secondary N) is 2. The average molecular weight is 573 g/mol. The van der Waals surface area contributed by atoms with Gasteiger partial charge in [-0.2, -0.15) is 0 Å². The molecule has 0 aliphatic heterocycles. The zero-order valence-electron chi connectivity index (χ0n) is 24.6. The standard InChI is InChI=1S/C34H40N2O6/c1-22(41-20-23-12-6-5-7-13-23)30(32(38)39)36-31(37)24(18-34(2,3)4)19-35-33(40)42-21-29-27-16-10-8-14-25(27)26-15-9-11-17-28(26)29/h5-17,22,24,29-30H,18-21H2,1-4H3,(H,35,40)(H,36,37)(H,38,39)/t22-,24?,30+/m1/s1. The van der Waals surface area contributed by atoms with Crippen molar-refractivity contribution in [3.8, 4) is 11.1 Å². The van der Waals surface area contributed by atoms with E-state index in [1.807, 2.05) is 87.5 Å². The Balaban J connectivity index is 1.35. The van der Waals surface area contributed by atoms with E-state index in [0.717, 1.165) is 27.8 Å². The fourth-order valence-corrected chi connectivity index (χ4v) is 5.40. The van der Waals surface area contributed by atoms with Crippen LogP contribution in [0.25, 0.3) is 11.1 Å². The van der Waals surface area contributed by atoms with Crippen LogP contribution in [-0.4, -0.2) is 48.4 Å². The lowest BCUT2D eigenvalue weighted by atomic mass is 9.84. The number of aliphatic carboxylic acids is 1. The van der Waals surface area contributed by atoms with E-state index >= 15 is 0 Å². The normalized spacial score (nSPS) is 14.7. The summed E-state index contributed by atoms with van der Waals surface area (Å²) in [4.78, 5) is 38.2. The van der Waals surface area contributed by atoms with Crippen molar-refractivity contribution in [2.45, 2.75) is 58.8 Å². The van der Waals surface area contributed by atoms with Gasteiger partial charge in [-0.05, 0) is 46.6 Å². The molecule has 0 bridgehead atoms. The first-order valence-corrected chi connectivity index (χ1v) is 14.3. The van der Waals surface area contributed by atoms with E-state index in [4.69, 9.17) is 9.47 Å². The highest BCUT2D eigenvalue weighted by molar-refractivity contribution is 5.86. The topological polar surface area (TPSA) is 114 Å². The lowest BCUT2D eigenvalue weighted by Gasteiger charge is -2.28. The molecule has 3 aromatic carbocycles. The Morgan fingerprint density at radius 1 is 0.881 bits per heavy atom. The van der Waals surface area contributed by atoms with Gasteiger partial charge in [0.2, 0.25) is 5.91 Å². The van der Waals surface area contributed by atoms with Crippen LogP contribution in [0.1, 0.15) is 56.7 Å². The third-order valence-electron chi connectivity index (χ3n) is 7.45. The number of carbonyl (C=O) groups is 3. The van der Waals surface area contributed by atoms with Gasteiger partial charge in [-0.25, -0.2) is 9.59 Å². The highest BCUT2D eigenvalue weighted by Gasteiger charge is 2.33. The number of carboxylic acids is 1. The van der Waals surface area contributed by atoms with Gasteiger partial charge in [0.15, 0.2) is 6.04 Å². The first kappa shape index (κ1) is 30.8. The van der Waals surface area contributed by atoms with Gasteiger partial charge < -0.3 is 25.2 Å². The van der Waals surface area contributed by atoms with Gasteiger partial charge in [0.1, 0.15) is 6.61 Å². The third-order valence-corrected chi connectivity index (χ3v) is 7.45. The van der Waals surface area contributed by atoms with Crippen LogP contribution in [0.4, 0.5) is 4.79 Å². The zero-order valence-corrected chi connectivity index (χ0v) is 24.6. The fraction of sp³-hybridized carbons (Fsp3) is 0.382. The summed E-state index contributed by atoms with van der Waals surface area (Å²) in [5, 5.41) is 15.2. The van der Waals surface area contributed by atoms with Crippen LogP contribution in [0.5, 0.6) is 0 Å². The van der Waals surface area contributed by atoms with Crippen molar-refractivity contribution < 1.29 is 29.0 Å². The minimum atomic E-state index is -1.25. The lowest BCUT2D eigenvalue weighted by Crippen LogP contribution is -2.52. The summed E-state index contributed by atoms with van der Waals surface area (Å²) >= 11 is 0. The number of hydrogen-bond donors (Lipinski definition) is 3. The Morgan fingerprint density at radius 2 is 1.45 bits per heavy atom. The molecule has 8 heteroatoms. The molecule has 42 heavy (non-hydrogen) atoms. The highest BCUT2D eigenvalue weighted by Crippen LogP contribution is 2.44. The number of hydrogen-bond acceptors (Lipinski definition) is 5. The minimum absolute atomic E-state index is 0.00533. The summed E-state index contributed by atoms with van der Waals surface area (Å²) in [5.74, 6) is -2.41. The Hall–Kier alpha value is -4.17. The molecular formula is C34H40N2O6. The van der Waals surface area contributed by atoms with Crippen molar-refractivity contribution in [1.82, 2.24) is 10.6 Å². The van der Waals surface area contributed by atoms with Crippen LogP contribution in [0.15, 0.2) is 78.9 Å². The Kier molecular flexibility index (Phi) is 10.0. The van der Waals surface area contributed by atoms with E-state index in [2.05, 4.69) is 22.8 Å². The van der Waals surface area contributed by atoms with E-state index in [9.17, 15) is 19.5 Å². The molecule has 0 fully saturated rings. The van der Waals surface area contributed by atoms with Gasteiger partial charge in [0.25, 0.3) is 0 Å². The van der Waals surface area contributed by atoms with Crippen LogP contribution in [0.3, 0.4) is 0 Å². The van der Waals surface area contributed by atoms with Gasteiger partial charge >= 0.3 is 12.1 Å². The van der Waals surface area contributed by atoms with Crippen LogP contribution in [-0.2, 0) is 25.7 Å². The summed E-state index contributed by atoms with van der Waals surface area (Å²) in [5.41, 5.74) is 5.15. The molecule has 2 amide bonds. The third kappa shape index (κ3) is 7.97. The summed E-state index contributed by atoms with van der Waals surface area (Å²) in [7, 11) is 0. The predicted molar refractivity (Wildman–Crippen MR) is 161 cm³/mol. The maximum Gasteiger partial charge on any atom is 0.407 e. The van der Waals surface area contributed by atoms with Gasteiger partial charge in [0, 0.05) is 12.5 Å². The van der Waals surface area contributed by atoms with E-state index in [0.29, 0.717) is 6.42 Å². The molecule has 3 aromatic rings. The molecule has 8 nitrogen and oxygen atoms in total. The van der Waals surface area contributed by atoms with Crippen molar-refractivity contribution >= 4 is 18.0 Å². The van der Waals surface area contributed by atoms with Gasteiger partial charge in [-0.15, -0.1) is 0 Å². The second-order valence-corrected chi connectivity index (χ2v) is 12.0. The van der Waals surface area contributed by atoms with Crippen LogP contribution in [0, 0.1) is 11.3 Å². The Bertz CT molecular complexity index is 1340. The molecule has 1 aliphatic carbocycles. The van der Waals surface area contributed by atoms with E-state index in [1.54, 1.807) is 6.92 Å². The SMILES string of the molecule is C[C@@H](OCc1ccccc1)[C@H](NC(=O)C(CNC(=O)OCC1c2ccccc2-c2ccccc21)CC(C)(C)C)C(=O)O. The lowest BCUT2D eigenvalue weighted by molar-refractivity contribution is -0.147. The highest BCUT2D eigenvalue weighted by atomic mass is 16.5. The zero-order chi connectivity index (χ0) is 30.3. The number of ether oxygens (including phenoxy) is 2. The number of fused-ring (bicyclic) bond motifs is 3. The monoisotopic (exact) mass is 572 g/mol. The molecule has 4 rings (SSSR count). The molecule has 3 N–H and O–H groups in total. The fourth-order valence-electron chi connectivity index (χ4n) is 5.40. The Morgan fingerprint density at radius 3 is 2.02 bits per heavy atom. The second kappa shape index (κ2) is 13.7. The first-order chi connectivity index (χ1) is 20.0. The van der Waals surface area contributed by atoms with Gasteiger partial charge in [-0.3, -0.25) is 4.79 Å². The summed E-state index contributed by atoms with van der Waals surface area (Å²) in [6, 6.07) is 24.3. The van der Waals surface area contributed by atoms with Crippen molar-refractivity contribution in [2.24, 2.45) is 11.3 Å². The van der Waals surface area contributed by atoms with Gasteiger partial charge in [-0.1, -0.05) is 99.6 Å². The van der Waals surface area contributed by atoms with E-state index in [-0.39, 0.29) is 31.1 Å². The minimum Gasteiger partial charge on any atom is -0.480 e. The molecule has 0 heterocycles. The first-order valence-electron chi connectivity index (χ1n) is 14.3. The molecule has 0 radical (unpaired) electrons. The molecule has 3 atom stereocenters. The van der Waals surface area contributed by atoms with Crippen LogP contribution >= 0.6 is 0 Å². The molecule has 0 spiro atoms. The van der Waals surface area contributed by atoms with Crippen molar-refractivity contribution in [2.75, 3.05) is 13.2 Å². The van der Waals surface area contributed by atoms with Crippen molar-refractivity contribution in [1.29, 1.82) is 0 Å². The summed E-state index contributed by atoms with van der Waals surface area (Å²) in [6.07, 6.45) is -0.983. The summed E-state index contributed by atoms with van der Waals surface area (Å²) in [6.45, 7) is 7.97. The molecular weight excluding hydrogens is 532 g/mol. The number of alkyl carbamates (subject to hydrolysis) is 1. The van der Waals surface area contributed by atoms with Crippen molar-refractivity contribution in [3.05, 3.63) is 95.6 Å². The maximum absolute atomic E-state index is 13.3. The quantitative estimate of drug-likeness (QED) is 0.255. The average Bonchev–Trinajstić information content (AvgIpc) is 3.29. The number of benzene rings is 3. The second-order valence-electron chi connectivity index (χ2n) is 12.0. The summed E-state index contributed by atoms with van der Waals surface area (Å²) < 4.78 is 11.4. The number of carbonyl (C=O) groups excluding carboxylic acids is 2. The largest absolute Gasteiger partial charge is 0.480 e.